The van der Waals surface area contributed by atoms with Gasteiger partial charge in [-0.1, -0.05) is 6.07 Å². The molecule has 2 heterocycles. The second kappa shape index (κ2) is 11.7. The standard InChI is InChI=1S/C25H19F5N6O4/c1-38-21-14-16(36-22(8-11-32-36)39-24(26)27)5-6-19(21)35-12-9-20(37)23(34-35)18(7-10-31)33-15-3-2-4-17(13-15)40-25(28,29)30/h2-14,24H,31H2,1H3. The van der Waals surface area contributed by atoms with E-state index in [4.69, 9.17) is 10.5 Å². The van der Waals surface area contributed by atoms with Crippen LogP contribution in [0.1, 0.15) is 5.69 Å². The minimum Gasteiger partial charge on any atom is -0.494 e. The van der Waals surface area contributed by atoms with Crippen molar-refractivity contribution in [1.29, 1.82) is 0 Å². The van der Waals surface area contributed by atoms with Crippen molar-refractivity contribution in [2.24, 2.45) is 10.7 Å². The molecule has 2 aromatic heterocycles. The summed E-state index contributed by atoms with van der Waals surface area (Å²) in [5.41, 5.74) is 5.44. The molecule has 0 radical (unpaired) electrons. The molecule has 40 heavy (non-hydrogen) atoms. The summed E-state index contributed by atoms with van der Waals surface area (Å²) >= 11 is 0. The van der Waals surface area contributed by atoms with Crippen LogP contribution in [0.15, 0.2) is 89.1 Å². The maximum Gasteiger partial charge on any atom is 0.573 e. The lowest BCUT2D eigenvalue weighted by molar-refractivity contribution is -0.274. The quantitative estimate of drug-likeness (QED) is 0.235. The second-order valence-electron chi connectivity index (χ2n) is 7.69. The van der Waals surface area contributed by atoms with E-state index in [-0.39, 0.29) is 28.7 Å². The second-order valence-corrected chi connectivity index (χ2v) is 7.69. The molecular formula is C25H19F5N6O4. The van der Waals surface area contributed by atoms with E-state index in [1.807, 2.05) is 0 Å². The van der Waals surface area contributed by atoms with Crippen LogP contribution in [0.5, 0.6) is 17.4 Å². The number of allylic oxidation sites excluding steroid dienone is 1. The minimum atomic E-state index is -4.90. The van der Waals surface area contributed by atoms with Crippen LogP contribution in [0, 0.1) is 0 Å². The Morgan fingerprint density at radius 3 is 2.62 bits per heavy atom. The van der Waals surface area contributed by atoms with Gasteiger partial charge in [-0.05, 0) is 36.5 Å². The number of hydrogen-bond donors (Lipinski definition) is 1. The normalized spacial score (nSPS) is 12.2. The van der Waals surface area contributed by atoms with Crippen molar-refractivity contribution in [2.45, 2.75) is 13.0 Å². The Balaban J connectivity index is 1.75. The third-order valence-electron chi connectivity index (χ3n) is 5.08. The molecule has 4 rings (SSSR count). The first-order valence-electron chi connectivity index (χ1n) is 11.2. The number of rotatable bonds is 9. The van der Waals surface area contributed by atoms with E-state index in [9.17, 15) is 26.7 Å². The van der Waals surface area contributed by atoms with Crippen LogP contribution in [0.2, 0.25) is 0 Å². The van der Waals surface area contributed by atoms with Crippen LogP contribution in [0.4, 0.5) is 27.6 Å². The van der Waals surface area contributed by atoms with Crippen molar-refractivity contribution in [3.05, 3.63) is 95.2 Å². The Labute approximate surface area is 222 Å². The first kappa shape index (κ1) is 27.8. The van der Waals surface area contributed by atoms with E-state index in [0.717, 1.165) is 23.0 Å². The molecule has 10 nitrogen and oxygen atoms in total. The molecule has 0 aliphatic carbocycles. The van der Waals surface area contributed by atoms with E-state index >= 15 is 0 Å². The smallest absolute Gasteiger partial charge is 0.494 e. The zero-order chi connectivity index (χ0) is 28.9. The van der Waals surface area contributed by atoms with Gasteiger partial charge in [0.15, 0.2) is 5.69 Å². The van der Waals surface area contributed by atoms with Crippen LogP contribution in [-0.2, 0) is 0 Å². The zero-order valence-corrected chi connectivity index (χ0v) is 20.4. The van der Waals surface area contributed by atoms with Gasteiger partial charge >= 0.3 is 13.0 Å². The molecule has 208 valence electrons. The van der Waals surface area contributed by atoms with Crippen molar-refractivity contribution in [3.8, 4) is 28.8 Å². The fourth-order valence-corrected chi connectivity index (χ4v) is 3.52. The zero-order valence-electron chi connectivity index (χ0n) is 20.4. The summed E-state index contributed by atoms with van der Waals surface area (Å²) in [5.74, 6) is -0.483. The van der Waals surface area contributed by atoms with Crippen molar-refractivity contribution >= 4 is 11.4 Å². The van der Waals surface area contributed by atoms with Crippen molar-refractivity contribution in [2.75, 3.05) is 7.11 Å². The molecule has 0 unspecified atom stereocenters. The third kappa shape index (κ3) is 6.61. The average molecular weight is 562 g/mol. The number of alkyl halides is 5. The van der Waals surface area contributed by atoms with Gasteiger partial charge in [-0.15, -0.1) is 13.2 Å². The molecule has 4 aromatic rings. The molecule has 15 heteroatoms. The van der Waals surface area contributed by atoms with Crippen LogP contribution in [-0.4, -0.2) is 45.4 Å². The number of ether oxygens (including phenoxy) is 3. The Hall–Kier alpha value is -5.21. The number of nitrogens with two attached hydrogens (primary N) is 1. The lowest BCUT2D eigenvalue weighted by Crippen LogP contribution is -2.20. The lowest BCUT2D eigenvalue weighted by atomic mass is 10.2. The molecule has 0 fully saturated rings. The van der Waals surface area contributed by atoms with Gasteiger partial charge in [0.2, 0.25) is 11.3 Å². The molecule has 0 atom stereocenters. The molecule has 0 amide bonds. The maximum absolute atomic E-state index is 12.7. The molecular weight excluding hydrogens is 543 g/mol. The Morgan fingerprint density at radius 2 is 1.93 bits per heavy atom. The molecule has 2 aromatic carbocycles. The summed E-state index contributed by atoms with van der Waals surface area (Å²) in [6, 6.07) is 11.8. The predicted molar refractivity (Wildman–Crippen MR) is 133 cm³/mol. The van der Waals surface area contributed by atoms with Crippen molar-refractivity contribution in [3.63, 3.8) is 0 Å². The van der Waals surface area contributed by atoms with Gasteiger partial charge in [0, 0.05) is 30.5 Å². The minimum absolute atomic E-state index is 0.0365. The molecule has 0 saturated carbocycles. The molecule has 0 aliphatic heterocycles. The number of benzene rings is 2. The summed E-state index contributed by atoms with van der Waals surface area (Å²) in [5, 5.41) is 8.31. The number of nitrogens with zero attached hydrogens (tertiary/aromatic N) is 5. The maximum atomic E-state index is 12.7. The van der Waals surface area contributed by atoms with E-state index in [1.54, 1.807) is 0 Å². The highest BCUT2D eigenvalue weighted by atomic mass is 19.4. The van der Waals surface area contributed by atoms with Crippen LogP contribution >= 0.6 is 0 Å². The first-order chi connectivity index (χ1) is 19.1. The molecule has 0 spiro atoms. The first-order valence-corrected chi connectivity index (χ1v) is 11.2. The molecule has 0 aliphatic rings. The highest BCUT2D eigenvalue weighted by molar-refractivity contribution is 6.08. The summed E-state index contributed by atoms with van der Waals surface area (Å²) < 4.78 is 79.6. The molecule has 2 N–H and O–H groups in total. The van der Waals surface area contributed by atoms with Gasteiger partial charge in [0.1, 0.15) is 17.2 Å². The summed E-state index contributed by atoms with van der Waals surface area (Å²) in [6.45, 7) is -3.06. The number of aliphatic imine (C=N–C) groups is 1. The van der Waals surface area contributed by atoms with Crippen molar-refractivity contribution < 1.29 is 36.2 Å². The Kier molecular flexibility index (Phi) is 8.12. The summed E-state index contributed by atoms with van der Waals surface area (Å²) in [7, 11) is 1.37. The lowest BCUT2D eigenvalue weighted by Gasteiger charge is -2.14. The van der Waals surface area contributed by atoms with E-state index in [0.29, 0.717) is 11.4 Å². The number of hydrogen-bond acceptors (Lipinski definition) is 8. The van der Waals surface area contributed by atoms with Crippen molar-refractivity contribution in [1.82, 2.24) is 19.6 Å². The third-order valence-corrected chi connectivity index (χ3v) is 5.08. The van der Waals surface area contributed by atoms with Gasteiger partial charge in [-0.25, -0.2) is 14.4 Å². The van der Waals surface area contributed by atoms with Gasteiger partial charge in [0.25, 0.3) is 0 Å². The SMILES string of the molecule is COc1cc(-n2nccc2OC(F)F)ccc1-n1ccc(=O)c(C(C=CN)=Nc2cccc(OC(F)(F)F)c2)n1. The molecule has 0 saturated heterocycles. The van der Waals surface area contributed by atoms with Gasteiger partial charge < -0.3 is 19.9 Å². The Morgan fingerprint density at radius 1 is 1.12 bits per heavy atom. The topological polar surface area (TPSA) is 119 Å². The van der Waals surface area contributed by atoms with Gasteiger partial charge in [-0.3, -0.25) is 4.79 Å². The highest BCUT2D eigenvalue weighted by Gasteiger charge is 2.31. The van der Waals surface area contributed by atoms with Crippen LogP contribution in [0.25, 0.3) is 11.4 Å². The number of methoxy groups -OCH3 is 1. The predicted octanol–water partition coefficient (Wildman–Crippen LogP) is 4.52. The fourth-order valence-electron chi connectivity index (χ4n) is 3.52. The monoisotopic (exact) mass is 562 g/mol. The highest BCUT2D eigenvalue weighted by Crippen LogP contribution is 2.29. The van der Waals surface area contributed by atoms with E-state index < -0.39 is 24.2 Å². The number of aromatic nitrogens is 4. The molecule has 0 bridgehead atoms. The van der Waals surface area contributed by atoms with Gasteiger partial charge in [0.05, 0.1) is 30.4 Å². The number of halogens is 5. The fraction of sp³-hybridized carbons (Fsp3) is 0.120. The van der Waals surface area contributed by atoms with E-state index in [1.165, 1.54) is 72.7 Å². The van der Waals surface area contributed by atoms with Crippen LogP contribution in [0.3, 0.4) is 0 Å². The average Bonchev–Trinajstić information content (AvgIpc) is 3.35. The largest absolute Gasteiger partial charge is 0.573 e. The summed E-state index contributed by atoms with van der Waals surface area (Å²) in [4.78, 5) is 17.0. The van der Waals surface area contributed by atoms with E-state index in [2.05, 4.69) is 24.7 Å². The Bertz CT molecular complexity index is 1610. The van der Waals surface area contributed by atoms with Crippen LogP contribution < -0.4 is 25.4 Å². The van der Waals surface area contributed by atoms with Gasteiger partial charge in [-0.2, -0.15) is 19.0 Å². The summed E-state index contributed by atoms with van der Waals surface area (Å²) in [6.07, 6.45) is 0.0784.